The van der Waals surface area contributed by atoms with Crippen LogP contribution in [0, 0.1) is 17.0 Å². The molecule has 0 radical (unpaired) electrons. The second-order valence-corrected chi connectivity index (χ2v) is 5.17. The van der Waals surface area contributed by atoms with Crippen molar-refractivity contribution in [2.75, 3.05) is 6.54 Å². The molecule has 1 atom stereocenters. The van der Waals surface area contributed by atoms with Crippen LogP contribution in [0.15, 0.2) is 18.2 Å². The Balaban J connectivity index is 2.64. The summed E-state index contributed by atoms with van der Waals surface area (Å²) in [6.45, 7) is 6.57. The van der Waals surface area contributed by atoms with Gasteiger partial charge in [0.2, 0.25) is 0 Å². The van der Waals surface area contributed by atoms with Crippen molar-refractivity contribution in [1.82, 2.24) is 5.32 Å². The maximum atomic E-state index is 10.8. The lowest BCUT2D eigenvalue weighted by atomic mass is 10.0. The Morgan fingerprint density at radius 1 is 1.47 bits per heavy atom. The molecule has 1 aromatic rings. The molecule has 1 rings (SSSR count). The molecule has 106 valence electrons. The summed E-state index contributed by atoms with van der Waals surface area (Å²) in [4.78, 5) is 10.5. The average molecular weight is 266 g/mol. The lowest BCUT2D eigenvalue weighted by Crippen LogP contribution is -2.37. The number of aliphatic hydroxyl groups is 1. The number of nitrogens with zero attached hydrogens (tertiary/aromatic N) is 1. The van der Waals surface area contributed by atoms with Crippen molar-refractivity contribution in [2.45, 2.75) is 45.8 Å². The minimum Gasteiger partial charge on any atom is -0.389 e. The van der Waals surface area contributed by atoms with Gasteiger partial charge in [-0.1, -0.05) is 25.5 Å². The number of hydrogen-bond acceptors (Lipinski definition) is 4. The van der Waals surface area contributed by atoms with Crippen LogP contribution in [0.2, 0.25) is 0 Å². The van der Waals surface area contributed by atoms with E-state index in [1.807, 2.05) is 13.0 Å². The van der Waals surface area contributed by atoms with Crippen molar-refractivity contribution in [3.8, 4) is 0 Å². The van der Waals surface area contributed by atoms with Crippen molar-refractivity contribution in [2.24, 2.45) is 0 Å². The fourth-order valence-electron chi connectivity index (χ4n) is 2.15. The van der Waals surface area contributed by atoms with Gasteiger partial charge in [-0.25, -0.2) is 0 Å². The highest BCUT2D eigenvalue weighted by Crippen LogP contribution is 2.21. The molecule has 0 aliphatic heterocycles. The lowest BCUT2D eigenvalue weighted by molar-refractivity contribution is -0.385. The Hall–Kier alpha value is -1.46. The predicted molar refractivity (Wildman–Crippen MR) is 75.1 cm³/mol. The first-order valence-corrected chi connectivity index (χ1v) is 6.53. The number of nitro groups is 1. The van der Waals surface area contributed by atoms with Crippen molar-refractivity contribution in [3.63, 3.8) is 0 Å². The van der Waals surface area contributed by atoms with Crippen LogP contribution < -0.4 is 5.32 Å². The van der Waals surface area contributed by atoms with E-state index < -0.39 is 5.60 Å². The van der Waals surface area contributed by atoms with E-state index in [0.717, 1.165) is 18.4 Å². The number of hydrogen-bond donors (Lipinski definition) is 2. The van der Waals surface area contributed by atoms with E-state index in [9.17, 15) is 15.2 Å². The van der Waals surface area contributed by atoms with Gasteiger partial charge >= 0.3 is 0 Å². The molecular formula is C14H22N2O3. The molecule has 5 heteroatoms. The number of rotatable bonds is 7. The van der Waals surface area contributed by atoms with E-state index in [4.69, 9.17) is 0 Å². The second-order valence-electron chi connectivity index (χ2n) is 5.17. The molecule has 0 fully saturated rings. The van der Waals surface area contributed by atoms with Crippen LogP contribution in [0.5, 0.6) is 0 Å². The summed E-state index contributed by atoms with van der Waals surface area (Å²) in [6, 6.07) is 5.06. The molecule has 0 heterocycles. The van der Waals surface area contributed by atoms with Crippen LogP contribution in [0.4, 0.5) is 5.69 Å². The first kappa shape index (κ1) is 15.6. The van der Waals surface area contributed by atoms with Crippen LogP contribution in [-0.4, -0.2) is 22.2 Å². The Morgan fingerprint density at radius 2 is 2.16 bits per heavy atom. The highest BCUT2D eigenvalue weighted by Gasteiger charge is 2.19. The second kappa shape index (κ2) is 6.63. The largest absolute Gasteiger partial charge is 0.389 e. The van der Waals surface area contributed by atoms with Gasteiger partial charge in [0.15, 0.2) is 0 Å². The van der Waals surface area contributed by atoms with Gasteiger partial charge in [0, 0.05) is 24.7 Å². The fourth-order valence-corrected chi connectivity index (χ4v) is 2.15. The monoisotopic (exact) mass is 266 g/mol. The van der Waals surface area contributed by atoms with Crippen molar-refractivity contribution >= 4 is 5.69 Å². The third-order valence-corrected chi connectivity index (χ3v) is 3.22. The first-order valence-electron chi connectivity index (χ1n) is 6.53. The lowest BCUT2D eigenvalue weighted by Gasteiger charge is -2.23. The van der Waals surface area contributed by atoms with Gasteiger partial charge < -0.3 is 10.4 Å². The molecule has 1 unspecified atom stereocenters. The number of nitrogens with one attached hydrogen (secondary N) is 1. The van der Waals surface area contributed by atoms with E-state index in [1.165, 1.54) is 6.07 Å². The molecule has 5 nitrogen and oxygen atoms in total. The number of nitro benzene ring substituents is 1. The SMILES string of the molecule is CCCC(C)(O)CNCc1cccc([N+](=O)[O-])c1C. The van der Waals surface area contributed by atoms with Crippen LogP contribution in [-0.2, 0) is 6.54 Å². The Kier molecular flexibility index (Phi) is 5.44. The molecule has 19 heavy (non-hydrogen) atoms. The third kappa shape index (κ3) is 4.61. The molecule has 0 saturated carbocycles. The molecule has 1 aromatic carbocycles. The minimum atomic E-state index is -0.733. The highest BCUT2D eigenvalue weighted by atomic mass is 16.6. The van der Waals surface area contributed by atoms with Crippen LogP contribution in [0.25, 0.3) is 0 Å². The molecule has 2 N–H and O–H groups in total. The molecule has 0 spiro atoms. The average Bonchev–Trinajstić information content (AvgIpc) is 2.30. The van der Waals surface area contributed by atoms with E-state index in [1.54, 1.807) is 19.9 Å². The van der Waals surface area contributed by atoms with Crippen molar-refractivity contribution in [3.05, 3.63) is 39.4 Å². The topological polar surface area (TPSA) is 75.4 Å². The smallest absolute Gasteiger partial charge is 0.272 e. The summed E-state index contributed by atoms with van der Waals surface area (Å²) in [5, 5.41) is 24.0. The van der Waals surface area contributed by atoms with Crippen molar-refractivity contribution in [1.29, 1.82) is 0 Å². The van der Waals surface area contributed by atoms with Crippen molar-refractivity contribution < 1.29 is 10.0 Å². The van der Waals surface area contributed by atoms with E-state index in [0.29, 0.717) is 18.7 Å². The maximum Gasteiger partial charge on any atom is 0.272 e. The van der Waals surface area contributed by atoms with Gasteiger partial charge in [-0.05, 0) is 25.8 Å². The van der Waals surface area contributed by atoms with E-state index in [-0.39, 0.29) is 10.6 Å². The van der Waals surface area contributed by atoms with E-state index in [2.05, 4.69) is 5.32 Å². The zero-order valence-electron chi connectivity index (χ0n) is 11.8. The molecular weight excluding hydrogens is 244 g/mol. The van der Waals surface area contributed by atoms with Gasteiger partial charge in [-0.2, -0.15) is 0 Å². The van der Waals surface area contributed by atoms with E-state index >= 15 is 0 Å². The fraction of sp³-hybridized carbons (Fsp3) is 0.571. The standard InChI is InChI=1S/C14H22N2O3/c1-4-8-14(3,17)10-15-9-12-6-5-7-13(11(12)2)16(18)19/h5-7,15,17H,4,8-10H2,1-3H3. The zero-order valence-corrected chi connectivity index (χ0v) is 11.8. The Labute approximate surface area is 113 Å². The maximum absolute atomic E-state index is 10.8. The minimum absolute atomic E-state index is 0.139. The molecule has 0 saturated heterocycles. The van der Waals surface area contributed by atoms with Gasteiger partial charge in [0.1, 0.15) is 0 Å². The summed E-state index contributed by atoms with van der Waals surface area (Å²) < 4.78 is 0. The van der Waals surface area contributed by atoms with Crippen LogP contribution in [0.1, 0.15) is 37.8 Å². The summed E-state index contributed by atoms with van der Waals surface area (Å²) >= 11 is 0. The quantitative estimate of drug-likeness (QED) is 0.587. The van der Waals surface area contributed by atoms with Crippen LogP contribution >= 0.6 is 0 Å². The predicted octanol–water partition coefficient (Wildman–Crippen LogP) is 2.54. The molecule has 0 aliphatic rings. The zero-order chi connectivity index (χ0) is 14.5. The summed E-state index contributed by atoms with van der Waals surface area (Å²) in [5.74, 6) is 0. The summed E-state index contributed by atoms with van der Waals surface area (Å²) in [5.41, 5.74) is 0.972. The molecule has 0 aliphatic carbocycles. The van der Waals surface area contributed by atoms with Gasteiger partial charge in [0.25, 0.3) is 5.69 Å². The molecule has 0 amide bonds. The van der Waals surface area contributed by atoms with Gasteiger partial charge in [-0.3, -0.25) is 10.1 Å². The van der Waals surface area contributed by atoms with Gasteiger partial charge in [0.05, 0.1) is 10.5 Å². The molecule has 0 bridgehead atoms. The summed E-state index contributed by atoms with van der Waals surface area (Å²) in [7, 11) is 0. The summed E-state index contributed by atoms with van der Waals surface area (Å²) in [6.07, 6.45) is 1.65. The van der Waals surface area contributed by atoms with Gasteiger partial charge in [-0.15, -0.1) is 0 Å². The Morgan fingerprint density at radius 3 is 2.74 bits per heavy atom. The first-order chi connectivity index (χ1) is 8.87. The Bertz CT molecular complexity index is 444. The highest BCUT2D eigenvalue weighted by molar-refractivity contribution is 5.44. The molecule has 0 aromatic heterocycles. The normalized spacial score (nSPS) is 14.1. The third-order valence-electron chi connectivity index (χ3n) is 3.22. The van der Waals surface area contributed by atoms with Crippen LogP contribution in [0.3, 0.4) is 0 Å². The number of benzene rings is 1.